The number of para-hydroxylation sites is 1. The molecule has 0 unspecified atom stereocenters. The van der Waals surface area contributed by atoms with Gasteiger partial charge in [0.25, 0.3) is 5.91 Å². The van der Waals surface area contributed by atoms with Crippen LogP contribution in [-0.2, 0) is 0 Å². The summed E-state index contributed by atoms with van der Waals surface area (Å²) in [6, 6.07) is 11.0. The van der Waals surface area contributed by atoms with Gasteiger partial charge in [0.1, 0.15) is 11.3 Å². The number of rotatable bonds is 5. The maximum Gasteiger partial charge on any atom is 0.348 e. The lowest BCUT2D eigenvalue weighted by Crippen LogP contribution is -2.16. The molecule has 2 aromatic carbocycles. The van der Waals surface area contributed by atoms with Crippen molar-refractivity contribution in [2.45, 2.75) is 0 Å². The number of aromatic carboxylic acids is 1. The van der Waals surface area contributed by atoms with Crippen molar-refractivity contribution in [3.05, 3.63) is 69.4 Å². The van der Waals surface area contributed by atoms with Crippen molar-refractivity contribution in [3.8, 4) is 11.4 Å². The van der Waals surface area contributed by atoms with Crippen LogP contribution in [0, 0.1) is 0 Å². The lowest BCUT2D eigenvalue weighted by molar-refractivity contribution is 0.0693. The summed E-state index contributed by atoms with van der Waals surface area (Å²) in [6.07, 6.45) is 0. The largest absolute Gasteiger partial charge is 0.496 e. The highest BCUT2D eigenvalue weighted by molar-refractivity contribution is 6.34. The summed E-state index contributed by atoms with van der Waals surface area (Å²) >= 11 is 6.04. The number of nitrogens with zero attached hydrogens (tertiary/aromatic N) is 2. The van der Waals surface area contributed by atoms with Crippen LogP contribution in [0.15, 0.2) is 47.3 Å². The van der Waals surface area contributed by atoms with Gasteiger partial charge in [0.15, 0.2) is 0 Å². The first-order valence-corrected chi connectivity index (χ1v) is 7.95. The van der Waals surface area contributed by atoms with E-state index in [9.17, 15) is 14.4 Å². The zero-order valence-electron chi connectivity index (χ0n) is 13.9. The van der Waals surface area contributed by atoms with Crippen molar-refractivity contribution in [2.24, 2.45) is 0 Å². The summed E-state index contributed by atoms with van der Waals surface area (Å²) in [5.74, 6) is -2.17. The van der Waals surface area contributed by atoms with Gasteiger partial charge >= 0.3 is 11.7 Å². The molecule has 3 N–H and O–H groups in total. The molecule has 0 radical (unpaired) electrons. The van der Waals surface area contributed by atoms with Gasteiger partial charge in [-0.2, -0.15) is 4.68 Å². The molecule has 0 atom stereocenters. The van der Waals surface area contributed by atoms with Crippen LogP contribution in [0.3, 0.4) is 0 Å². The van der Waals surface area contributed by atoms with Gasteiger partial charge in [0.2, 0.25) is 5.82 Å². The number of ether oxygens (including phenoxy) is 1. The fraction of sp³-hybridized carbons (Fsp3) is 0.0588. The van der Waals surface area contributed by atoms with Gasteiger partial charge in [-0.3, -0.25) is 9.78 Å². The van der Waals surface area contributed by atoms with Gasteiger partial charge < -0.3 is 15.2 Å². The number of aromatic amines is 1. The summed E-state index contributed by atoms with van der Waals surface area (Å²) in [4.78, 5) is 38.0. The number of nitrogens with one attached hydrogen (secondary N) is 2. The zero-order chi connectivity index (χ0) is 19.6. The summed E-state index contributed by atoms with van der Waals surface area (Å²) in [5, 5.41) is 15.6. The van der Waals surface area contributed by atoms with Gasteiger partial charge in [-0.25, -0.2) is 9.59 Å². The number of methoxy groups -OCH3 is 1. The Morgan fingerprint density at radius 1 is 1.26 bits per heavy atom. The molecule has 3 rings (SSSR count). The Kier molecular flexibility index (Phi) is 4.95. The highest BCUT2D eigenvalue weighted by atomic mass is 35.5. The molecule has 0 saturated heterocycles. The number of halogens is 1. The van der Waals surface area contributed by atoms with Crippen molar-refractivity contribution in [3.63, 3.8) is 0 Å². The molecule has 1 heterocycles. The van der Waals surface area contributed by atoms with Crippen molar-refractivity contribution in [1.82, 2.24) is 14.8 Å². The van der Waals surface area contributed by atoms with E-state index in [-0.39, 0.29) is 27.8 Å². The number of hydrogen-bond donors (Lipinski definition) is 3. The molecular formula is C17H13ClN4O5. The molecule has 1 aromatic heterocycles. The lowest BCUT2D eigenvalue weighted by atomic mass is 10.1. The molecule has 0 aliphatic heterocycles. The van der Waals surface area contributed by atoms with Crippen LogP contribution >= 0.6 is 11.6 Å². The summed E-state index contributed by atoms with van der Waals surface area (Å²) < 4.78 is 6.05. The minimum Gasteiger partial charge on any atom is -0.496 e. The Balaban J connectivity index is 1.91. The zero-order valence-corrected chi connectivity index (χ0v) is 14.6. The van der Waals surface area contributed by atoms with Crippen LogP contribution < -0.4 is 15.7 Å². The lowest BCUT2D eigenvalue weighted by Gasteiger charge is -2.10. The first-order chi connectivity index (χ1) is 12.9. The molecule has 0 fully saturated rings. The van der Waals surface area contributed by atoms with E-state index in [1.165, 1.54) is 13.2 Å². The van der Waals surface area contributed by atoms with Gasteiger partial charge in [0, 0.05) is 6.07 Å². The number of amides is 1. The fourth-order valence-corrected chi connectivity index (χ4v) is 2.55. The van der Waals surface area contributed by atoms with E-state index in [4.69, 9.17) is 21.4 Å². The highest BCUT2D eigenvalue weighted by Crippen LogP contribution is 2.31. The van der Waals surface area contributed by atoms with Crippen LogP contribution in [0.1, 0.15) is 21.0 Å². The van der Waals surface area contributed by atoms with E-state index in [1.54, 1.807) is 30.3 Å². The highest BCUT2D eigenvalue weighted by Gasteiger charge is 2.19. The van der Waals surface area contributed by atoms with Crippen LogP contribution in [0.2, 0.25) is 5.02 Å². The third-order valence-corrected chi connectivity index (χ3v) is 3.91. The Labute approximate surface area is 157 Å². The number of H-pyrrole nitrogens is 1. The number of benzene rings is 2. The minimum atomic E-state index is -1.22. The van der Waals surface area contributed by atoms with Gasteiger partial charge in [-0.1, -0.05) is 29.8 Å². The van der Waals surface area contributed by atoms with E-state index in [2.05, 4.69) is 15.4 Å². The Hall–Kier alpha value is -3.59. The number of anilines is 1. The third kappa shape index (κ3) is 3.67. The molecule has 0 saturated carbocycles. The maximum atomic E-state index is 12.4. The number of carbonyl (C=O) groups excluding carboxylic acids is 1. The summed E-state index contributed by atoms with van der Waals surface area (Å²) in [6.45, 7) is 0. The molecular weight excluding hydrogens is 376 g/mol. The smallest absolute Gasteiger partial charge is 0.348 e. The van der Waals surface area contributed by atoms with Crippen LogP contribution in [-0.4, -0.2) is 38.9 Å². The van der Waals surface area contributed by atoms with Crippen molar-refractivity contribution in [1.29, 1.82) is 0 Å². The Bertz CT molecular complexity index is 1070. The molecule has 138 valence electrons. The molecule has 0 aliphatic carbocycles. The van der Waals surface area contributed by atoms with Crippen LogP contribution in [0.4, 0.5) is 5.69 Å². The van der Waals surface area contributed by atoms with Gasteiger partial charge in [0.05, 0.1) is 23.5 Å². The van der Waals surface area contributed by atoms with Crippen LogP contribution in [0.5, 0.6) is 5.75 Å². The third-order valence-electron chi connectivity index (χ3n) is 3.60. The average molecular weight is 389 g/mol. The molecule has 10 heteroatoms. The van der Waals surface area contributed by atoms with Gasteiger partial charge in [-0.15, -0.1) is 5.10 Å². The number of hydrogen-bond acceptors (Lipinski definition) is 5. The van der Waals surface area contributed by atoms with Gasteiger partial charge in [-0.05, 0) is 18.2 Å². The second-order valence-corrected chi connectivity index (χ2v) is 5.72. The molecule has 0 aliphatic rings. The SMILES string of the molecule is COc1cc(NC(=O)c2nn(-c3ccccc3)c(=O)[nH]2)c(Cl)cc1C(=O)O. The number of carbonyl (C=O) groups is 2. The van der Waals surface area contributed by atoms with Crippen LogP contribution in [0.25, 0.3) is 5.69 Å². The van der Waals surface area contributed by atoms with E-state index in [0.29, 0.717) is 5.69 Å². The molecule has 3 aromatic rings. The molecule has 0 spiro atoms. The molecule has 0 bridgehead atoms. The normalized spacial score (nSPS) is 10.4. The number of carboxylic acids is 1. The first-order valence-electron chi connectivity index (χ1n) is 7.57. The quantitative estimate of drug-likeness (QED) is 0.614. The second kappa shape index (κ2) is 7.34. The predicted molar refractivity (Wildman–Crippen MR) is 97.1 cm³/mol. The summed E-state index contributed by atoms with van der Waals surface area (Å²) in [5.41, 5.74) is -0.138. The van der Waals surface area contributed by atoms with Crippen molar-refractivity contribution < 1.29 is 19.4 Å². The molecule has 27 heavy (non-hydrogen) atoms. The standard InChI is InChI=1S/C17H13ClN4O5/c1-27-13-8-12(11(18)7-10(13)16(24)25)19-15(23)14-20-17(26)22(21-14)9-5-3-2-4-6-9/h2-8H,1H3,(H,19,23)(H,24,25)(H,20,21,26). The topological polar surface area (TPSA) is 126 Å². The monoisotopic (exact) mass is 388 g/mol. The second-order valence-electron chi connectivity index (χ2n) is 5.32. The first kappa shape index (κ1) is 18.2. The molecule has 1 amide bonds. The molecule has 9 nitrogen and oxygen atoms in total. The number of carboxylic acid groups (broad SMARTS) is 1. The van der Waals surface area contributed by atoms with E-state index in [1.807, 2.05) is 0 Å². The maximum absolute atomic E-state index is 12.4. The Morgan fingerprint density at radius 2 is 1.96 bits per heavy atom. The van der Waals surface area contributed by atoms with E-state index in [0.717, 1.165) is 10.7 Å². The van der Waals surface area contributed by atoms with Crippen molar-refractivity contribution >= 4 is 29.2 Å². The van der Waals surface area contributed by atoms with E-state index >= 15 is 0 Å². The van der Waals surface area contributed by atoms with Crippen molar-refractivity contribution in [2.75, 3.05) is 12.4 Å². The minimum absolute atomic E-state index is 0.00797. The van der Waals surface area contributed by atoms with E-state index < -0.39 is 17.6 Å². The summed E-state index contributed by atoms with van der Waals surface area (Å²) in [7, 11) is 1.29. The number of aromatic nitrogens is 3. The fourth-order valence-electron chi connectivity index (χ4n) is 2.34. The average Bonchev–Trinajstić information content (AvgIpc) is 3.05. The predicted octanol–water partition coefficient (Wildman–Crippen LogP) is 2.17. The Morgan fingerprint density at radius 3 is 2.59 bits per heavy atom.